The van der Waals surface area contributed by atoms with Gasteiger partial charge in [0.1, 0.15) is 12.6 Å². The van der Waals surface area contributed by atoms with Crippen molar-refractivity contribution in [1.29, 1.82) is 0 Å². The molecular weight excluding hydrogens is 377 g/mol. The van der Waals surface area contributed by atoms with Gasteiger partial charge in [-0.25, -0.2) is 8.42 Å². The van der Waals surface area contributed by atoms with Gasteiger partial charge >= 0.3 is 6.18 Å². The summed E-state index contributed by atoms with van der Waals surface area (Å²) in [6.45, 7) is 0.356. The molecule has 5 nitrogen and oxygen atoms in total. The number of hydrogen-bond donors (Lipinski definition) is 1. The molecule has 0 spiro atoms. The van der Waals surface area contributed by atoms with Crippen LogP contribution in [0.1, 0.15) is 12.0 Å². The number of rotatable bonds is 8. The van der Waals surface area contributed by atoms with E-state index in [9.17, 15) is 26.4 Å². The van der Waals surface area contributed by atoms with Crippen LogP contribution in [0.25, 0.3) is 0 Å². The Kier molecular flexibility index (Phi) is 7.76. The highest BCUT2D eigenvalue weighted by atomic mass is 32.2. The van der Waals surface area contributed by atoms with Gasteiger partial charge in [-0.2, -0.15) is 29.7 Å². The molecule has 1 aromatic carbocycles. The van der Waals surface area contributed by atoms with Crippen molar-refractivity contribution in [2.75, 3.05) is 25.6 Å². The van der Waals surface area contributed by atoms with E-state index >= 15 is 0 Å². The van der Waals surface area contributed by atoms with Gasteiger partial charge in [-0.1, -0.05) is 17.7 Å². The molecule has 0 saturated heterocycles. The number of sulfonamides is 1. The maximum absolute atomic E-state index is 12.5. The smallest absolute Gasteiger partial charge is 0.335 e. The lowest BCUT2D eigenvalue weighted by molar-refractivity contribution is -0.159. The molecule has 0 aromatic heterocycles. The molecule has 0 saturated carbocycles. The fourth-order valence-electron chi connectivity index (χ4n) is 2.05. The van der Waals surface area contributed by atoms with Crippen LogP contribution in [-0.4, -0.2) is 57.0 Å². The zero-order chi connectivity index (χ0) is 19.3. The monoisotopic (exact) mass is 398 g/mol. The summed E-state index contributed by atoms with van der Waals surface area (Å²) in [7, 11) is -3.01. The van der Waals surface area contributed by atoms with E-state index in [2.05, 4.69) is 4.72 Å². The van der Waals surface area contributed by atoms with Gasteiger partial charge in [0.15, 0.2) is 0 Å². The summed E-state index contributed by atoms with van der Waals surface area (Å²) in [6.07, 6.45) is -2.70. The first-order chi connectivity index (χ1) is 11.5. The summed E-state index contributed by atoms with van der Waals surface area (Å²) < 4.78 is 64.5. The Bertz CT molecular complexity index is 676. The molecule has 1 amide bonds. The molecule has 0 heterocycles. The third kappa shape index (κ3) is 7.25. The third-order valence-electron chi connectivity index (χ3n) is 3.33. The van der Waals surface area contributed by atoms with E-state index in [0.29, 0.717) is 10.7 Å². The molecule has 1 atom stereocenters. The van der Waals surface area contributed by atoms with Crippen molar-refractivity contribution in [2.45, 2.75) is 30.5 Å². The van der Waals surface area contributed by atoms with E-state index in [0.717, 1.165) is 12.6 Å². The number of nitrogens with one attached hydrogen (secondary N) is 1. The minimum absolute atomic E-state index is 0.0430. The largest absolute Gasteiger partial charge is 0.406 e. The molecule has 10 heteroatoms. The molecule has 0 bridgehead atoms. The molecule has 1 aromatic rings. The van der Waals surface area contributed by atoms with E-state index in [1.807, 2.05) is 0 Å². The average Bonchev–Trinajstić information content (AvgIpc) is 2.49. The summed E-state index contributed by atoms with van der Waals surface area (Å²) in [5, 5.41) is 0. The Morgan fingerprint density at radius 3 is 2.32 bits per heavy atom. The maximum atomic E-state index is 12.5. The fraction of sp³-hybridized carbons (Fsp3) is 0.533. The van der Waals surface area contributed by atoms with Gasteiger partial charge in [-0.3, -0.25) is 4.79 Å². The van der Waals surface area contributed by atoms with Crippen molar-refractivity contribution >= 4 is 27.7 Å². The molecule has 0 fully saturated rings. The SMILES string of the molecule is CSCC[C@H](NS(=O)(=O)c1ccc(C)cc1)C(=O)N(C)CC(F)(F)F. The van der Waals surface area contributed by atoms with Gasteiger partial charge in [0.2, 0.25) is 15.9 Å². The van der Waals surface area contributed by atoms with E-state index in [1.54, 1.807) is 25.3 Å². The number of hydrogen-bond acceptors (Lipinski definition) is 4. The Morgan fingerprint density at radius 1 is 1.28 bits per heavy atom. The third-order valence-corrected chi connectivity index (χ3v) is 5.46. The second kappa shape index (κ2) is 8.91. The zero-order valence-electron chi connectivity index (χ0n) is 14.1. The zero-order valence-corrected chi connectivity index (χ0v) is 15.8. The van der Waals surface area contributed by atoms with Crippen LogP contribution in [0.4, 0.5) is 13.2 Å². The van der Waals surface area contributed by atoms with E-state index in [1.165, 1.54) is 23.9 Å². The Hall–Kier alpha value is -1.26. The number of aryl methyl sites for hydroxylation is 1. The predicted octanol–water partition coefficient (Wildman–Crippen LogP) is 2.42. The quantitative estimate of drug-likeness (QED) is 0.730. The predicted molar refractivity (Wildman–Crippen MR) is 92.0 cm³/mol. The minimum atomic E-state index is -4.55. The highest BCUT2D eigenvalue weighted by Crippen LogP contribution is 2.18. The molecule has 0 aliphatic carbocycles. The van der Waals surface area contributed by atoms with Crippen LogP contribution < -0.4 is 4.72 Å². The minimum Gasteiger partial charge on any atom is -0.335 e. The number of nitrogens with zero attached hydrogens (tertiary/aromatic N) is 1. The highest BCUT2D eigenvalue weighted by molar-refractivity contribution is 7.98. The first-order valence-corrected chi connectivity index (χ1v) is 10.2. The summed E-state index contributed by atoms with van der Waals surface area (Å²) in [5.41, 5.74) is 0.860. The first kappa shape index (κ1) is 21.8. The van der Waals surface area contributed by atoms with Crippen molar-refractivity contribution in [3.63, 3.8) is 0 Å². The number of amides is 1. The lowest BCUT2D eigenvalue weighted by Crippen LogP contribution is -2.49. The maximum Gasteiger partial charge on any atom is 0.406 e. The van der Waals surface area contributed by atoms with E-state index in [-0.39, 0.29) is 11.3 Å². The topological polar surface area (TPSA) is 66.5 Å². The summed E-state index contributed by atoms with van der Waals surface area (Å²) >= 11 is 1.37. The van der Waals surface area contributed by atoms with E-state index in [4.69, 9.17) is 0 Å². The van der Waals surface area contributed by atoms with Gasteiger partial charge in [0.05, 0.1) is 4.90 Å². The van der Waals surface area contributed by atoms with Crippen molar-refractivity contribution in [3.05, 3.63) is 29.8 Å². The van der Waals surface area contributed by atoms with Crippen LogP contribution in [0, 0.1) is 6.92 Å². The van der Waals surface area contributed by atoms with Gasteiger partial charge in [0.25, 0.3) is 0 Å². The number of thioether (sulfide) groups is 1. The van der Waals surface area contributed by atoms with Gasteiger partial charge < -0.3 is 4.90 Å². The number of likely N-dealkylation sites (N-methyl/N-ethyl adjacent to an activating group) is 1. The van der Waals surface area contributed by atoms with Crippen LogP contribution in [0.2, 0.25) is 0 Å². The Labute approximate surface area is 150 Å². The van der Waals surface area contributed by atoms with Gasteiger partial charge in [0, 0.05) is 7.05 Å². The summed E-state index contributed by atoms with van der Waals surface area (Å²) in [4.78, 5) is 12.7. The molecular formula is C15H21F3N2O3S2. The van der Waals surface area contributed by atoms with Crippen LogP contribution in [0.5, 0.6) is 0 Å². The molecule has 0 aliphatic heterocycles. The van der Waals surface area contributed by atoms with Crippen molar-refractivity contribution in [3.8, 4) is 0 Å². The Balaban J connectivity index is 2.98. The standard InChI is InChI=1S/C15H21F3N2O3S2/c1-11-4-6-12(7-5-11)25(22,23)19-13(8-9-24-3)14(21)20(2)10-15(16,17)18/h4-7,13,19H,8-10H2,1-3H3/t13-/m0/s1. The van der Waals surface area contributed by atoms with Crippen LogP contribution >= 0.6 is 11.8 Å². The summed E-state index contributed by atoms with van der Waals surface area (Å²) in [6, 6.07) is 4.71. The molecule has 142 valence electrons. The lowest BCUT2D eigenvalue weighted by atomic mass is 10.2. The van der Waals surface area contributed by atoms with Gasteiger partial charge in [-0.05, 0) is 37.5 Å². The van der Waals surface area contributed by atoms with Gasteiger partial charge in [-0.15, -0.1) is 0 Å². The normalized spacial score (nSPS) is 13.5. The highest BCUT2D eigenvalue weighted by Gasteiger charge is 2.34. The Morgan fingerprint density at radius 2 is 1.84 bits per heavy atom. The number of halogens is 3. The second-order valence-electron chi connectivity index (χ2n) is 5.58. The second-order valence-corrected chi connectivity index (χ2v) is 8.28. The van der Waals surface area contributed by atoms with Crippen LogP contribution in [0.15, 0.2) is 29.2 Å². The lowest BCUT2D eigenvalue weighted by Gasteiger charge is -2.25. The first-order valence-electron chi connectivity index (χ1n) is 7.36. The van der Waals surface area contributed by atoms with Crippen molar-refractivity contribution < 1.29 is 26.4 Å². The molecule has 1 rings (SSSR count). The molecule has 0 aliphatic rings. The van der Waals surface area contributed by atoms with Crippen LogP contribution in [-0.2, 0) is 14.8 Å². The number of carbonyl (C=O) groups excluding carboxylic acids is 1. The molecule has 1 N–H and O–H groups in total. The van der Waals surface area contributed by atoms with Crippen LogP contribution in [0.3, 0.4) is 0 Å². The van der Waals surface area contributed by atoms with Crippen molar-refractivity contribution in [2.24, 2.45) is 0 Å². The molecule has 0 radical (unpaired) electrons. The molecule has 0 unspecified atom stereocenters. The van der Waals surface area contributed by atoms with Crippen molar-refractivity contribution in [1.82, 2.24) is 9.62 Å². The average molecular weight is 398 g/mol. The molecule has 25 heavy (non-hydrogen) atoms. The fourth-order valence-corrected chi connectivity index (χ4v) is 3.75. The number of alkyl halides is 3. The summed E-state index contributed by atoms with van der Waals surface area (Å²) in [5.74, 6) is -0.491. The van der Waals surface area contributed by atoms with E-state index < -0.39 is 34.7 Å². The number of carbonyl (C=O) groups is 1. The number of benzene rings is 1.